The van der Waals surface area contributed by atoms with Gasteiger partial charge in [0.1, 0.15) is 6.61 Å². The number of aryl methyl sites for hydroxylation is 1. The number of aromatic nitrogens is 1. The van der Waals surface area contributed by atoms with Crippen LogP contribution in [-0.4, -0.2) is 42.3 Å². The molecule has 1 aromatic rings. The lowest BCUT2D eigenvalue weighted by molar-refractivity contribution is -0.145. The highest BCUT2D eigenvalue weighted by Gasteiger charge is 2.30. The molecule has 1 atom stereocenters. The molecule has 1 aliphatic heterocycles. The normalized spacial score (nSPS) is 15.9. The number of hydrogen-bond donors (Lipinski definition) is 0. The molecule has 0 radical (unpaired) electrons. The van der Waals surface area contributed by atoms with Crippen LogP contribution < -0.4 is 0 Å². The first-order valence-electron chi connectivity index (χ1n) is 9.08. The summed E-state index contributed by atoms with van der Waals surface area (Å²) in [6.07, 6.45) is 1.62. The van der Waals surface area contributed by atoms with Crippen LogP contribution in [0, 0.1) is 12.8 Å². The third-order valence-electron chi connectivity index (χ3n) is 3.91. The average Bonchev–Trinajstić information content (AvgIpc) is 2.66. The molecule has 28 heavy (non-hydrogen) atoms. The van der Waals surface area contributed by atoms with Crippen molar-refractivity contribution in [1.29, 1.82) is 0 Å². The van der Waals surface area contributed by atoms with Crippen LogP contribution in [0.3, 0.4) is 0 Å². The summed E-state index contributed by atoms with van der Waals surface area (Å²) in [4.78, 5) is 44.3. The Bertz CT molecular complexity index is 828. The number of carbonyl (C=O) groups excluding carboxylic acids is 3. The molecule has 150 valence electrons. The van der Waals surface area contributed by atoms with Crippen molar-refractivity contribution in [3.63, 3.8) is 0 Å². The lowest BCUT2D eigenvalue weighted by Crippen LogP contribution is -2.25. The van der Waals surface area contributed by atoms with Crippen LogP contribution in [0.25, 0.3) is 5.70 Å². The van der Waals surface area contributed by atoms with E-state index < -0.39 is 23.8 Å². The van der Waals surface area contributed by atoms with Gasteiger partial charge in [0, 0.05) is 24.4 Å². The maximum absolute atomic E-state index is 12.5. The highest BCUT2D eigenvalue weighted by Crippen LogP contribution is 2.31. The molecule has 1 aromatic heterocycles. The third-order valence-corrected chi connectivity index (χ3v) is 3.91. The first kappa shape index (κ1) is 21.3. The van der Waals surface area contributed by atoms with Crippen molar-refractivity contribution >= 4 is 29.8 Å². The lowest BCUT2D eigenvalue weighted by Gasteiger charge is -2.20. The fourth-order valence-corrected chi connectivity index (χ4v) is 2.78. The van der Waals surface area contributed by atoms with Crippen LogP contribution in [0.15, 0.2) is 22.7 Å². The fraction of sp³-hybridized carbons (Fsp3) is 0.450. The minimum absolute atomic E-state index is 0.0151. The molecule has 8 nitrogen and oxygen atoms in total. The van der Waals surface area contributed by atoms with Gasteiger partial charge in [-0.05, 0) is 39.3 Å². The lowest BCUT2D eigenvalue weighted by atomic mass is 9.93. The summed E-state index contributed by atoms with van der Waals surface area (Å²) in [6.45, 7) is 7.00. The molecule has 0 aromatic carbocycles. The molecule has 1 aliphatic rings. The molecule has 0 amide bonds. The SMILES string of the molecule is CCOC(=O)C1=C(c2cc(C)nc(COC(C)=O)c2)N=CC(C(=O)OCC)C1. The molecule has 2 heterocycles. The van der Waals surface area contributed by atoms with Gasteiger partial charge in [0.15, 0.2) is 0 Å². The Morgan fingerprint density at radius 2 is 1.82 bits per heavy atom. The van der Waals surface area contributed by atoms with Gasteiger partial charge in [0.2, 0.25) is 0 Å². The van der Waals surface area contributed by atoms with Crippen molar-refractivity contribution in [3.05, 3.63) is 34.7 Å². The van der Waals surface area contributed by atoms with E-state index in [4.69, 9.17) is 14.2 Å². The second-order valence-electron chi connectivity index (χ2n) is 6.16. The summed E-state index contributed by atoms with van der Waals surface area (Å²) in [6, 6.07) is 3.47. The van der Waals surface area contributed by atoms with Crippen molar-refractivity contribution in [2.45, 2.75) is 40.7 Å². The zero-order valence-electron chi connectivity index (χ0n) is 16.5. The molecule has 1 unspecified atom stereocenters. The molecule has 0 fully saturated rings. The summed E-state index contributed by atoms with van der Waals surface area (Å²) >= 11 is 0. The highest BCUT2D eigenvalue weighted by atomic mass is 16.5. The van der Waals surface area contributed by atoms with Crippen molar-refractivity contribution < 1.29 is 28.6 Å². The Morgan fingerprint density at radius 1 is 1.11 bits per heavy atom. The van der Waals surface area contributed by atoms with Gasteiger partial charge < -0.3 is 14.2 Å². The van der Waals surface area contributed by atoms with Crippen LogP contribution in [0.2, 0.25) is 0 Å². The van der Waals surface area contributed by atoms with Gasteiger partial charge in [0.05, 0.1) is 36.1 Å². The second-order valence-corrected chi connectivity index (χ2v) is 6.16. The summed E-state index contributed by atoms with van der Waals surface area (Å²) in [5.74, 6) is -2.02. The van der Waals surface area contributed by atoms with Crippen LogP contribution in [0.1, 0.15) is 44.1 Å². The summed E-state index contributed by atoms with van der Waals surface area (Å²) in [7, 11) is 0. The maximum atomic E-state index is 12.5. The third kappa shape index (κ3) is 5.48. The summed E-state index contributed by atoms with van der Waals surface area (Å²) in [5.41, 5.74) is 2.55. The number of rotatable bonds is 7. The van der Waals surface area contributed by atoms with Gasteiger partial charge in [-0.2, -0.15) is 0 Å². The molecule has 0 bridgehead atoms. The van der Waals surface area contributed by atoms with Crippen molar-refractivity contribution in [3.8, 4) is 0 Å². The van der Waals surface area contributed by atoms with E-state index in [-0.39, 0.29) is 26.2 Å². The Balaban J connectivity index is 2.42. The van der Waals surface area contributed by atoms with E-state index in [1.807, 2.05) is 0 Å². The standard InChI is InChI=1S/C20H24N2O6/c1-5-26-19(24)15-9-17(20(25)27-6-2)18(21-10-15)14-7-12(3)22-16(8-14)11-28-13(4)23/h7-8,10,15H,5-6,9,11H2,1-4H3. The quantitative estimate of drug-likeness (QED) is 0.522. The number of carbonyl (C=O) groups is 3. The summed E-state index contributed by atoms with van der Waals surface area (Å²) in [5, 5.41) is 0. The van der Waals surface area contributed by atoms with Crippen molar-refractivity contribution in [1.82, 2.24) is 4.98 Å². The molecule has 0 aliphatic carbocycles. The van der Waals surface area contributed by atoms with Crippen LogP contribution in [0.4, 0.5) is 0 Å². The predicted molar refractivity (Wildman–Crippen MR) is 101 cm³/mol. The first-order valence-corrected chi connectivity index (χ1v) is 9.08. The summed E-state index contributed by atoms with van der Waals surface area (Å²) < 4.78 is 15.2. The van der Waals surface area contributed by atoms with Crippen LogP contribution in [0.5, 0.6) is 0 Å². The van der Waals surface area contributed by atoms with Gasteiger partial charge in [-0.1, -0.05) is 0 Å². The molecular weight excluding hydrogens is 364 g/mol. The molecule has 2 rings (SSSR count). The highest BCUT2D eigenvalue weighted by molar-refractivity contribution is 6.04. The number of pyridine rings is 1. The van der Waals surface area contributed by atoms with Gasteiger partial charge in [0.25, 0.3) is 0 Å². The van der Waals surface area contributed by atoms with Crippen LogP contribution in [-0.2, 0) is 35.2 Å². The number of aliphatic imine (C=N–C) groups is 1. The number of nitrogens with zero attached hydrogens (tertiary/aromatic N) is 2. The predicted octanol–water partition coefficient (Wildman–Crippen LogP) is 2.38. The zero-order valence-corrected chi connectivity index (χ0v) is 16.5. The molecular formula is C20H24N2O6. The fourth-order valence-electron chi connectivity index (χ4n) is 2.78. The maximum Gasteiger partial charge on any atom is 0.336 e. The van der Waals surface area contributed by atoms with Crippen molar-refractivity contribution in [2.24, 2.45) is 10.9 Å². The largest absolute Gasteiger partial charge is 0.465 e. The minimum Gasteiger partial charge on any atom is -0.465 e. The van der Waals surface area contributed by atoms with Gasteiger partial charge in [-0.25, -0.2) is 4.79 Å². The van der Waals surface area contributed by atoms with E-state index in [1.54, 1.807) is 32.9 Å². The van der Waals surface area contributed by atoms with Gasteiger partial charge in [-0.15, -0.1) is 0 Å². The average molecular weight is 388 g/mol. The monoisotopic (exact) mass is 388 g/mol. The van der Waals surface area contributed by atoms with E-state index in [1.165, 1.54) is 13.1 Å². The number of ether oxygens (including phenoxy) is 3. The zero-order chi connectivity index (χ0) is 20.7. The van der Waals surface area contributed by atoms with E-state index in [2.05, 4.69) is 9.98 Å². The molecule has 8 heteroatoms. The first-order chi connectivity index (χ1) is 13.3. The Morgan fingerprint density at radius 3 is 2.46 bits per heavy atom. The van der Waals surface area contributed by atoms with E-state index >= 15 is 0 Å². The Kier molecular flexibility index (Phi) is 7.43. The van der Waals surface area contributed by atoms with E-state index in [0.29, 0.717) is 28.2 Å². The second kappa shape index (κ2) is 9.77. The number of esters is 3. The van der Waals surface area contributed by atoms with E-state index in [9.17, 15) is 14.4 Å². The van der Waals surface area contributed by atoms with E-state index in [0.717, 1.165) is 0 Å². The molecule has 0 spiro atoms. The van der Waals surface area contributed by atoms with Crippen molar-refractivity contribution in [2.75, 3.05) is 13.2 Å². The topological polar surface area (TPSA) is 104 Å². The molecule has 0 saturated heterocycles. The number of hydrogen-bond acceptors (Lipinski definition) is 8. The molecule has 0 N–H and O–H groups in total. The van der Waals surface area contributed by atoms with Gasteiger partial charge >= 0.3 is 17.9 Å². The Hall–Kier alpha value is -3.03. The molecule has 0 saturated carbocycles. The smallest absolute Gasteiger partial charge is 0.336 e. The van der Waals surface area contributed by atoms with Gasteiger partial charge in [-0.3, -0.25) is 19.6 Å². The Labute approximate surface area is 163 Å². The minimum atomic E-state index is -0.647. The van der Waals surface area contributed by atoms with Crippen LogP contribution >= 0.6 is 0 Å².